The summed E-state index contributed by atoms with van der Waals surface area (Å²) in [6.07, 6.45) is 8.61. The van der Waals surface area contributed by atoms with Crippen LogP contribution in [0, 0.1) is 12.8 Å². The summed E-state index contributed by atoms with van der Waals surface area (Å²) in [6, 6.07) is 4.88. The van der Waals surface area contributed by atoms with Gasteiger partial charge in [-0.3, -0.25) is 9.69 Å². The number of carbonyl (C=O) groups is 1. The van der Waals surface area contributed by atoms with Gasteiger partial charge in [0.2, 0.25) is 5.91 Å². The zero-order chi connectivity index (χ0) is 23.2. The van der Waals surface area contributed by atoms with Crippen molar-refractivity contribution < 1.29 is 19.4 Å². The second-order valence-corrected chi connectivity index (χ2v) is 11.9. The largest absolute Gasteiger partial charge is 0.490 e. The van der Waals surface area contributed by atoms with Gasteiger partial charge in [0, 0.05) is 31.1 Å². The van der Waals surface area contributed by atoms with Crippen molar-refractivity contribution in [2.45, 2.75) is 107 Å². The van der Waals surface area contributed by atoms with Gasteiger partial charge in [0.1, 0.15) is 6.10 Å². The number of fused-ring (bicyclic) bond motifs is 3. The molecule has 0 aromatic heterocycles. The molecular formula is C28H38N2O4. The molecule has 1 amide bonds. The molecule has 184 valence electrons. The first-order chi connectivity index (χ1) is 16.5. The predicted molar refractivity (Wildman–Crippen MR) is 128 cm³/mol. The molecule has 6 heteroatoms. The lowest BCUT2D eigenvalue weighted by Crippen LogP contribution is -2.68. The monoisotopic (exact) mass is 466 g/mol. The highest BCUT2D eigenvalue weighted by molar-refractivity contribution is 5.79. The number of amides is 1. The number of nitrogens with zero attached hydrogens (tertiary/aromatic N) is 2. The van der Waals surface area contributed by atoms with Crippen molar-refractivity contribution in [3.05, 3.63) is 23.3 Å². The number of benzene rings is 1. The lowest BCUT2D eigenvalue weighted by Gasteiger charge is -2.53. The number of piperidine rings is 1. The molecule has 1 spiro atoms. The molecule has 0 bridgehead atoms. The van der Waals surface area contributed by atoms with Gasteiger partial charge >= 0.3 is 0 Å². The Hall–Kier alpha value is -1.79. The van der Waals surface area contributed by atoms with Gasteiger partial charge in [-0.15, -0.1) is 0 Å². The van der Waals surface area contributed by atoms with Gasteiger partial charge in [-0.2, -0.15) is 0 Å². The first kappa shape index (κ1) is 21.5. The Morgan fingerprint density at radius 3 is 2.82 bits per heavy atom. The summed E-state index contributed by atoms with van der Waals surface area (Å²) in [5, 5.41) is 12.6. The number of aliphatic hydroxyl groups is 1. The molecule has 1 N–H and O–H groups in total. The molecule has 0 radical (unpaired) electrons. The molecule has 3 heterocycles. The van der Waals surface area contributed by atoms with E-state index in [9.17, 15) is 9.90 Å². The molecule has 2 saturated heterocycles. The number of carbonyl (C=O) groups excluding carboxylic acids is 1. The molecule has 7 rings (SSSR count). The SMILES string of the molecule is CCCCOc1ccc(C)c2c1O[C@H]1[C@@H](N3CCCC3=O)CC[C@@]3(O)[C@H]4C(C[C@]213)N4CC1CC1. The summed E-state index contributed by atoms with van der Waals surface area (Å²) < 4.78 is 13.1. The second kappa shape index (κ2) is 7.36. The third-order valence-corrected chi connectivity index (χ3v) is 9.96. The summed E-state index contributed by atoms with van der Waals surface area (Å²) in [4.78, 5) is 17.5. The highest BCUT2D eigenvalue weighted by Gasteiger charge is 2.81. The molecule has 6 nitrogen and oxygen atoms in total. The molecule has 3 saturated carbocycles. The van der Waals surface area contributed by atoms with Gasteiger partial charge in [-0.05, 0) is 69.4 Å². The molecule has 2 unspecified atom stereocenters. The number of likely N-dealkylation sites (tertiary alicyclic amines) is 2. The Morgan fingerprint density at radius 1 is 1.24 bits per heavy atom. The van der Waals surface area contributed by atoms with Crippen LogP contribution in [0.4, 0.5) is 0 Å². The van der Waals surface area contributed by atoms with E-state index in [4.69, 9.17) is 9.47 Å². The standard InChI is InChI=1S/C28H38N2O4/c1-3-4-14-33-21-10-7-17(2)23-24(21)34-26-19(29-13-5-6-22(29)31)11-12-28(32)25-20(15-27(23,26)28)30(25)16-18-8-9-18/h7,10,18-20,25-26,32H,3-6,8-9,11-16H2,1-2H3/t19-,20?,25+,26-,27-,28+,30?/m0/s1. The van der Waals surface area contributed by atoms with Gasteiger partial charge in [-0.25, -0.2) is 0 Å². The maximum atomic E-state index is 12.8. The Kier molecular flexibility index (Phi) is 4.65. The van der Waals surface area contributed by atoms with E-state index in [1.165, 1.54) is 24.0 Å². The van der Waals surface area contributed by atoms with Crippen LogP contribution in [-0.4, -0.2) is 70.3 Å². The van der Waals surface area contributed by atoms with Crippen LogP contribution in [0.2, 0.25) is 0 Å². The third kappa shape index (κ3) is 2.73. The van der Waals surface area contributed by atoms with Gasteiger partial charge in [0.25, 0.3) is 0 Å². The molecular weight excluding hydrogens is 428 g/mol. The smallest absolute Gasteiger partial charge is 0.223 e. The van der Waals surface area contributed by atoms with E-state index in [-0.39, 0.29) is 24.1 Å². The lowest BCUT2D eigenvalue weighted by molar-refractivity contribution is -0.148. The molecule has 6 aliphatic rings. The number of hydrogen-bond acceptors (Lipinski definition) is 5. The molecule has 5 fully saturated rings. The van der Waals surface area contributed by atoms with Gasteiger partial charge in [0.15, 0.2) is 11.5 Å². The molecule has 3 aliphatic heterocycles. The van der Waals surface area contributed by atoms with Crippen molar-refractivity contribution in [3.8, 4) is 11.5 Å². The summed E-state index contributed by atoms with van der Waals surface area (Å²) >= 11 is 0. The first-order valence-corrected chi connectivity index (χ1v) is 13.7. The average Bonchev–Trinajstić information content (AvgIpc) is 3.64. The fourth-order valence-electron chi connectivity index (χ4n) is 8.23. The van der Waals surface area contributed by atoms with E-state index in [0.29, 0.717) is 19.1 Å². The maximum absolute atomic E-state index is 12.8. The number of rotatable bonds is 7. The minimum Gasteiger partial charge on any atom is -0.490 e. The minimum atomic E-state index is -0.811. The number of hydrogen-bond donors (Lipinski definition) is 1. The van der Waals surface area contributed by atoms with Crippen LogP contribution in [0.5, 0.6) is 11.5 Å². The fourth-order valence-corrected chi connectivity index (χ4v) is 8.23. The fraction of sp³-hybridized carbons (Fsp3) is 0.750. The summed E-state index contributed by atoms with van der Waals surface area (Å²) in [7, 11) is 0. The quantitative estimate of drug-likeness (QED) is 0.492. The van der Waals surface area contributed by atoms with Crippen molar-refractivity contribution >= 4 is 5.91 Å². The van der Waals surface area contributed by atoms with Crippen molar-refractivity contribution in [1.29, 1.82) is 0 Å². The zero-order valence-corrected chi connectivity index (χ0v) is 20.6. The summed E-state index contributed by atoms with van der Waals surface area (Å²) in [6.45, 7) is 6.95. The highest BCUT2D eigenvalue weighted by atomic mass is 16.5. The summed E-state index contributed by atoms with van der Waals surface area (Å²) in [5.74, 6) is 2.72. The van der Waals surface area contributed by atoms with Crippen LogP contribution in [0.3, 0.4) is 0 Å². The minimum absolute atomic E-state index is 0.0277. The number of aryl methyl sites for hydroxylation is 1. The number of unbranched alkanes of at least 4 members (excludes halogenated alkanes) is 1. The average molecular weight is 467 g/mol. The molecule has 1 aromatic carbocycles. The first-order valence-electron chi connectivity index (χ1n) is 13.7. The van der Waals surface area contributed by atoms with E-state index >= 15 is 0 Å². The van der Waals surface area contributed by atoms with E-state index in [0.717, 1.165) is 69.0 Å². The molecule has 1 aromatic rings. The Bertz CT molecular complexity index is 1020. The van der Waals surface area contributed by atoms with Crippen LogP contribution in [0.25, 0.3) is 0 Å². The normalized spacial score (nSPS) is 41.6. The van der Waals surface area contributed by atoms with Crippen LogP contribution >= 0.6 is 0 Å². The van der Waals surface area contributed by atoms with Crippen LogP contribution in [0.15, 0.2) is 12.1 Å². The van der Waals surface area contributed by atoms with E-state index in [2.05, 4.69) is 29.7 Å². The van der Waals surface area contributed by atoms with Crippen LogP contribution in [-0.2, 0) is 10.2 Å². The molecule has 34 heavy (non-hydrogen) atoms. The van der Waals surface area contributed by atoms with Crippen molar-refractivity contribution in [2.75, 3.05) is 19.7 Å². The van der Waals surface area contributed by atoms with Crippen molar-refractivity contribution in [2.24, 2.45) is 5.92 Å². The number of ether oxygens (including phenoxy) is 2. The van der Waals surface area contributed by atoms with Crippen LogP contribution < -0.4 is 9.47 Å². The molecule has 3 aliphatic carbocycles. The lowest BCUT2D eigenvalue weighted by atomic mass is 9.57. The van der Waals surface area contributed by atoms with Crippen molar-refractivity contribution in [1.82, 2.24) is 9.80 Å². The van der Waals surface area contributed by atoms with Crippen molar-refractivity contribution in [3.63, 3.8) is 0 Å². The Balaban J connectivity index is 1.32. The third-order valence-electron chi connectivity index (χ3n) is 9.96. The Morgan fingerprint density at radius 2 is 2.09 bits per heavy atom. The molecule has 7 atom stereocenters. The van der Waals surface area contributed by atoms with E-state index in [1.54, 1.807) is 0 Å². The zero-order valence-electron chi connectivity index (χ0n) is 20.6. The maximum Gasteiger partial charge on any atom is 0.223 e. The highest BCUT2D eigenvalue weighted by Crippen LogP contribution is 2.70. The second-order valence-electron chi connectivity index (χ2n) is 11.9. The van der Waals surface area contributed by atoms with Gasteiger partial charge in [0.05, 0.1) is 29.7 Å². The van der Waals surface area contributed by atoms with Gasteiger partial charge < -0.3 is 19.5 Å². The van der Waals surface area contributed by atoms with Crippen LogP contribution in [0.1, 0.15) is 75.8 Å². The van der Waals surface area contributed by atoms with E-state index in [1.807, 2.05) is 6.07 Å². The van der Waals surface area contributed by atoms with Gasteiger partial charge in [-0.1, -0.05) is 19.4 Å². The predicted octanol–water partition coefficient (Wildman–Crippen LogP) is 3.56. The summed E-state index contributed by atoms with van der Waals surface area (Å²) in [5.41, 5.74) is 1.08. The van der Waals surface area contributed by atoms with E-state index < -0.39 is 11.0 Å². The topological polar surface area (TPSA) is 62.0 Å². The Labute approximate surface area is 202 Å².